The van der Waals surface area contributed by atoms with Crippen LogP contribution in [-0.2, 0) is 17.7 Å². The molecule has 6 N–H and O–H groups in total. The van der Waals surface area contributed by atoms with E-state index in [1.165, 1.54) is 6.07 Å². The second kappa shape index (κ2) is 9.23. The van der Waals surface area contributed by atoms with Crippen LogP contribution in [0.3, 0.4) is 0 Å². The largest absolute Gasteiger partial charge is 0.460 e. The molecular formula is C25H28N2O8. The Hall–Kier alpha value is -2.99. The molecule has 35 heavy (non-hydrogen) atoms. The van der Waals surface area contributed by atoms with E-state index < -0.39 is 37.3 Å². The summed E-state index contributed by atoms with van der Waals surface area (Å²) in [5.74, 6) is 0.343. The van der Waals surface area contributed by atoms with E-state index in [-0.39, 0.29) is 12.2 Å². The molecule has 0 saturated carbocycles. The van der Waals surface area contributed by atoms with Crippen molar-refractivity contribution in [3.63, 3.8) is 0 Å². The first-order valence-corrected chi connectivity index (χ1v) is 11.5. The van der Waals surface area contributed by atoms with Gasteiger partial charge in [0.1, 0.15) is 30.2 Å². The Labute approximate surface area is 200 Å². The van der Waals surface area contributed by atoms with Gasteiger partial charge in [0, 0.05) is 18.0 Å². The molecule has 1 aromatic carbocycles. The number of nitrogens with zero attached hydrogens (tertiary/aromatic N) is 1. The summed E-state index contributed by atoms with van der Waals surface area (Å²) in [4.78, 5) is 16.2. The molecule has 0 spiro atoms. The predicted octanol–water partition coefficient (Wildman–Crippen LogP) is 0.127. The summed E-state index contributed by atoms with van der Waals surface area (Å²) in [6.45, 7) is 1.56. The number of rotatable bonds is 5. The highest BCUT2D eigenvalue weighted by Gasteiger charge is 2.45. The number of aliphatic hydroxyl groups is 5. The number of H-pyrrole nitrogens is 1. The summed E-state index contributed by atoms with van der Waals surface area (Å²) < 4.78 is 13.1. The first-order valence-electron chi connectivity index (χ1n) is 11.5. The van der Waals surface area contributed by atoms with E-state index in [2.05, 4.69) is 4.98 Å². The van der Waals surface area contributed by atoms with Gasteiger partial charge in [0.2, 0.25) is 6.29 Å². The van der Waals surface area contributed by atoms with Gasteiger partial charge in [-0.05, 0) is 42.2 Å². The van der Waals surface area contributed by atoms with Crippen LogP contribution in [0.25, 0.3) is 27.9 Å². The summed E-state index contributed by atoms with van der Waals surface area (Å²) in [7, 11) is 0. The van der Waals surface area contributed by atoms with Gasteiger partial charge >= 0.3 is 0 Å². The molecule has 0 amide bonds. The van der Waals surface area contributed by atoms with Gasteiger partial charge in [0.25, 0.3) is 5.56 Å². The van der Waals surface area contributed by atoms with Crippen LogP contribution in [0.5, 0.6) is 5.75 Å². The van der Waals surface area contributed by atoms with Crippen molar-refractivity contribution in [2.45, 2.75) is 50.6 Å². The number of aromatic nitrogens is 2. The molecule has 10 nitrogen and oxygen atoms in total. The number of allylic oxidation sites excluding steroid dienone is 1. The number of aryl methyl sites for hydroxylation is 1. The summed E-state index contributed by atoms with van der Waals surface area (Å²) >= 11 is 0. The van der Waals surface area contributed by atoms with E-state index in [1.807, 2.05) is 12.1 Å². The van der Waals surface area contributed by atoms with E-state index >= 15 is 0 Å². The number of aromatic amines is 1. The maximum Gasteiger partial charge on any atom is 0.251 e. The van der Waals surface area contributed by atoms with Crippen LogP contribution in [0.4, 0.5) is 0 Å². The molecule has 4 heterocycles. The number of ether oxygens (including phenoxy) is 2. The molecule has 5 rings (SSSR count). The molecular weight excluding hydrogens is 456 g/mol. The second-order valence-electron chi connectivity index (χ2n) is 8.81. The number of hydrogen-bond acceptors (Lipinski definition) is 8. The van der Waals surface area contributed by atoms with Crippen LogP contribution in [0.15, 0.2) is 41.2 Å². The lowest BCUT2D eigenvalue weighted by Gasteiger charge is -2.39. The second-order valence-corrected chi connectivity index (χ2v) is 8.81. The minimum absolute atomic E-state index is 0.160. The monoisotopic (exact) mass is 484 g/mol. The standard InChI is InChI=1S/C25H28N2O8/c1-2-12(10-28)13-8-16-20-15(6-7-27(16)19(30)9-13)14-4-3-5-17(21(14)26-20)34-25-24(33)23(32)22(31)18(11-29)35-25/h2-5,8-9,18,22-26,28-29,31-33H,6-7,10-11H2,1H3/b12-2-/t18-,22-,23+,24-,25-/m1/s1. The Balaban J connectivity index is 1.58. The smallest absolute Gasteiger partial charge is 0.251 e. The van der Waals surface area contributed by atoms with Crippen LogP contribution in [0.1, 0.15) is 18.1 Å². The van der Waals surface area contributed by atoms with Crippen LogP contribution < -0.4 is 10.3 Å². The maximum absolute atomic E-state index is 12.8. The Kier molecular flexibility index (Phi) is 6.26. The van der Waals surface area contributed by atoms with Crippen LogP contribution in [-0.4, -0.2) is 79.0 Å². The Morgan fingerprint density at radius 3 is 2.71 bits per heavy atom. The van der Waals surface area contributed by atoms with E-state index in [1.54, 1.807) is 29.7 Å². The minimum atomic E-state index is -1.55. The fraction of sp³-hybridized carbons (Fsp3) is 0.400. The minimum Gasteiger partial charge on any atom is -0.460 e. The zero-order valence-electron chi connectivity index (χ0n) is 19.1. The SMILES string of the molecule is C/C=C(/CO)c1cc2n(c(=O)c1)CCc1c-2[nH]c2c(O[C@@H]3O[C@H](CO)[C@@H](O)[C@H](O)[C@H]3O)cccc12. The van der Waals surface area contributed by atoms with E-state index in [4.69, 9.17) is 9.47 Å². The fourth-order valence-electron chi connectivity index (χ4n) is 4.91. The summed E-state index contributed by atoms with van der Waals surface area (Å²) in [5.41, 5.74) is 4.21. The highest BCUT2D eigenvalue weighted by atomic mass is 16.7. The zero-order valence-corrected chi connectivity index (χ0v) is 19.1. The number of para-hydroxylation sites is 1. The van der Waals surface area contributed by atoms with Gasteiger partial charge in [-0.1, -0.05) is 18.2 Å². The van der Waals surface area contributed by atoms with E-state index in [0.717, 1.165) is 16.6 Å². The van der Waals surface area contributed by atoms with E-state index in [0.29, 0.717) is 41.1 Å². The lowest BCUT2D eigenvalue weighted by Crippen LogP contribution is -2.60. The molecule has 0 aliphatic carbocycles. The first-order chi connectivity index (χ1) is 16.9. The van der Waals surface area contributed by atoms with Crippen LogP contribution >= 0.6 is 0 Å². The van der Waals surface area contributed by atoms with Gasteiger partial charge in [-0.25, -0.2) is 0 Å². The molecule has 1 saturated heterocycles. The predicted molar refractivity (Wildman–Crippen MR) is 127 cm³/mol. The number of aliphatic hydroxyl groups excluding tert-OH is 5. The normalized spacial score (nSPS) is 26.5. The number of nitrogens with one attached hydrogen (secondary N) is 1. The topological polar surface area (TPSA) is 157 Å². The van der Waals surface area contributed by atoms with Crippen molar-refractivity contribution in [2.75, 3.05) is 13.2 Å². The molecule has 2 aliphatic heterocycles. The quantitative estimate of drug-likeness (QED) is 0.298. The van der Waals surface area contributed by atoms with Crippen molar-refractivity contribution in [1.29, 1.82) is 0 Å². The van der Waals surface area contributed by atoms with Gasteiger partial charge < -0.3 is 44.6 Å². The van der Waals surface area contributed by atoms with Crippen molar-refractivity contribution in [3.8, 4) is 17.1 Å². The Morgan fingerprint density at radius 2 is 2.00 bits per heavy atom. The molecule has 2 aliphatic rings. The highest BCUT2D eigenvalue weighted by molar-refractivity contribution is 5.94. The lowest BCUT2D eigenvalue weighted by atomic mass is 9.98. The molecule has 3 aromatic rings. The molecule has 0 radical (unpaired) electrons. The average Bonchev–Trinajstić information content (AvgIpc) is 3.25. The molecule has 0 bridgehead atoms. The molecule has 1 fully saturated rings. The van der Waals surface area contributed by atoms with Crippen LogP contribution in [0, 0.1) is 0 Å². The van der Waals surface area contributed by atoms with Gasteiger partial charge in [0.15, 0.2) is 0 Å². The number of benzene rings is 1. The Morgan fingerprint density at radius 1 is 1.20 bits per heavy atom. The van der Waals surface area contributed by atoms with Gasteiger partial charge in [-0.15, -0.1) is 0 Å². The number of hydrogen-bond donors (Lipinski definition) is 6. The molecule has 0 unspecified atom stereocenters. The molecule has 2 aromatic heterocycles. The van der Waals surface area contributed by atoms with Crippen molar-refractivity contribution in [3.05, 3.63) is 57.9 Å². The highest BCUT2D eigenvalue weighted by Crippen LogP contribution is 2.39. The van der Waals surface area contributed by atoms with Crippen molar-refractivity contribution in [1.82, 2.24) is 9.55 Å². The summed E-state index contributed by atoms with van der Waals surface area (Å²) in [6, 6.07) is 8.79. The van der Waals surface area contributed by atoms with Crippen molar-refractivity contribution < 1.29 is 35.0 Å². The molecule has 5 atom stereocenters. The van der Waals surface area contributed by atoms with Gasteiger partial charge in [-0.3, -0.25) is 4.79 Å². The van der Waals surface area contributed by atoms with Crippen molar-refractivity contribution in [2.24, 2.45) is 0 Å². The molecule has 10 heteroatoms. The summed E-state index contributed by atoms with van der Waals surface area (Å²) in [6.07, 6.45) is -4.58. The number of fused-ring (bicyclic) bond motifs is 5. The zero-order chi connectivity index (χ0) is 24.9. The van der Waals surface area contributed by atoms with Crippen molar-refractivity contribution >= 4 is 16.5 Å². The third kappa shape index (κ3) is 3.88. The number of pyridine rings is 1. The summed E-state index contributed by atoms with van der Waals surface area (Å²) in [5, 5.41) is 50.5. The van der Waals surface area contributed by atoms with Gasteiger partial charge in [-0.2, -0.15) is 0 Å². The lowest BCUT2D eigenvalue weighted by molar-refractivity contribution is -0.277. The maximum atomic E-state index is 12.8. The van der Waals surface area contributed by atoms with Gasteiger partial charge in [0.05, 0.1) is 30.1 Å². The van der Waals surface area contributed by atoms with Crippen LogP contribution in [0.2, 0.25) is 0 Å². The first kappa shape index (κ1) is 23.7. The third-order valence-corrected chi connectivity index (χ3v) is 6.85. The average molecular weight is 485 g/mol. The third-order valence-electron chi connectivity index (χ3n) is 6.85. The molecule has 186 valence electrons. The Bertz CT molecular complexity index is 1340. The fourth-order valence-corrected chi connectivity index (χ4v) is 4.91. The van der Waals surface area contributed by atoms with E-state index in [9.17, 15) is 30.3 Å².